The Kier molecular flexibility index (Phi) is 4.79. The first-order valence-electron chi connectivity index (χ1n) is 7.43. The van der Waals surface area contributed by atoms with Gasteiger partial charge in [-0.2, -0.15) is 16.3 Å². The second kappa shape index (κ2) is 7.36. The van der Waals surface area contributed by atoms with E-state index < -0.39 is 5.97 Å². The van der Waals surface area contributed by atoms with Gasteiger partial charge in [0.15, 0.2) is 12.3 Å². The Labute approximate surface area is 161 Å². The van der Waals surface area contributed by atoms with Crippen molar-refractivity contribution >= 4 is 40.2 Å². The number of esters is 1. The third-order valence-electron chi connectivity index (χ3n) is 3.36. The molecule has 0 N–H and O–H groups in total. The van der Waals surface area contributed by atoms with Crippen LogP contribution >= 0.6 is 34.3 Å². The van der Waals surface area contributed by atoms with Gasteiger partial charge in [0.25, 0.3) is 5.89 Å². The number of hydrogen-bond donors (Lipinski definition) is 0. The fraction of sp³-hybridized carbons (Fsp3) is 0.0588. The van der Waals surface area contributed by atoms with E-state index in [0.717, 1.165) is 11.1 Å². The Morgan fingerprint density at radius 2 is 2.12 bits per heavy atom. The summed E-state index contributed by atoms with van der Waals surface area (Å²) in [7, 11) is 0. The second-order valence-electron chi connectivity index (χ2n) is 5.15. The molecule has 4 rings (SSSR count). The molecule has 0 spiro atoms. The van der Waals surface area contributed by atoms with E-state index in [1.807, 2.05) is 29.0 Å². The number of thiazole rings is 1. The highest BCUT2D eigenvalue weighted by molar-refractivity contribution is 7.13. The third-order valence-corrected chi connectivity index (χ3v) is 5.17. The molecule has 0 aliphatic carbocycles. The molecule has 1 aromatic carbocycles. The van der Waals surface area contributed by atoms with Crippen molar-refractivity contribution in [3.05, 3.63) is 63.1 Å². The molecule has 0 aliphatic rings. The van der Waals surface area contributed by atoms with Crippen molar-refractivity contribution in [2.24, 2.45) is 0 Å². The molecule has 0 radical (unpaired) electrons. The second-order valence-corrected chi connectivity index (χ2v) is 7.22. The van der Waals surface area contributed by atoms with Crippen LogP contribution in [0.25, 0.3) is 22.0 Å². The van der Waals surface area contributed by atoms with Crippen LogP contribution in [0.4, 0.5) is 0 Å². The Balaban J connectivity index is 1.41. The summed E-state index contributed by atoms with van der Waals surface area (Å²) in [6, 6.07) is 9.17. The quantitative estimate of drug-likeness (QED) is 0.439. The molecule has 0 saturated heterocycles. The summed E-state index contributed by atoms with van der Waals surface area (Å²) in [6.07, 6.45) is 0. The fourth-order valence-electron chi connectivity index (χ4n) is 2.15. The van der Waals surface area contributed by atoms with Gasteiger partial charge in [-0.3, -0.25) is 0 Å². The Morgan fingerprint density at radius 3 is 2.92 bits per heavy atom. The highest BCUT2D eigenvalue weighted by Gasteiger charge is 2.16. The third kappa shape index (κ3) is 3.67. The number of hydrogen-bond acceptors (Lipinski definition) is 8. The molecule has 26 heavy (non-hydrogen) atoms. The predicted molar refractivity (Wildman–Crippen MR) is 99.3 cm³/mol. The van der Waals surface area contributed by atoms with Gasteiger partial charge in [-0.1, -0.05) is 28.9 Å². The van der Waals surface area contributed by atoms with E-state index in [1.165, 1.54) is 22.7 Å². The molecule has 0 aliphatic heterocycles. The average Bonchev–Trinajstić information content (AvgIpc) is 3.40. The molecular formula is C17H10ClN3O3S2. The SMILES string of the molecule is O=C(OCc1nc(-c2ccsc2)no1)c1csc(-c2cccc(Cl)c2)n1. The first-order valence-corrected chi connectivity index (χ1v) is 9.63. The first kappa shape index (κ1) is 16.9. The molecule has 0 atom stereocenters. The topological polar surface area (TPSA) is 78.1 Å². The summed E-state index contributed by atoms with van der Waals surface area (Å²) in [6.45, 7) is -0.111. The molecule has 0 fully saturated rings. The van der Waals surface area contributed by atoms with Crippen LogP contribution in [0, 0.1) is 0 Å². The minimum Gasteiger partial charge on any atom is -0.451 e. The van der Waals surface area contributed by atoms with Gasteiger partial charge >= 0.3 is 5.97 Å². The van der Waals surface area contributed by atoms with E-state index in [0.29, 0.717) is 15.9 Å². The molecule has 0 unspecified atom stereocenters. The Bertz CT molecular complexity index is 1040. The van der Waals surface area contributed by atoms with Gasteiger partial charge in [-0.25, -0.2) is 9.78 Å². The summed E-state index contributed by atoms with van der Waals surface area (Å²) in [5.74, 6) is 0.142. The maximum Gasteiger partial charge on any atom is 0.358 e. The molecule has 0 amide bonds. The van der Waals surface area contributed by atoms with Gasteiger partial charge in [0.05, 0.1) is 0 Å². The minimum atomic E-state index is -0.551. The molecule has 3 aromatic heterocycles. The normalized spacial score (nSPS) is 10.8. The van der Waals surface area contributed by atoms with Gasteiger partial charge in [0, 0.05) is 26.9 Å². The maximum atomic E-state index is 12.2. The monoisotopic (exact) mass is 403 g/mol. The van der Waals surface area contributed by atoms with Gasteiger partial charge in [-0.05, 0) is 23.6 Å². The molecule has 4 aromatic rings. The van der Waals surface area contributed by atoms with E-state index in [9.17, 15) is 4.79 Å². The zero-order valence-electron chi connectivity index (χ0n) is 13.1. The van der Waals surface area contributed by atoms with Crippen molar-refractivity contribution in [2.45, 2.75) is 6.61 Å². The largest absolute Gasteiger partial charge is 0.451 e. The van der Waals surface area contributed by atoms with Crippen LogP contribution in [0.1, 0.15) is 16.4 Å². The minimum absolute atomic E-state index is 0.111. The number of carbonyl (C=O) groups is 1. The number of nitrogens with zero attached hydrogens (tertiary/aromatic N) is 3. The van der Waals surface area contributed by atoms with E-state index in [1.54, 1.807) is 17.5 Å². The number of ether oxygens (including phenoxy) is 1. The number of halogens is 1. The fourth-order valence-corrected chi connectivity index (χ4v) is 3.76. The van der Waals surface area contributed by atoms with Crippen molar-refractivity contribution in [1.82, 2.24) is 15.1 Å². The smallest absolute Gasteiger partial charge is 0.358 e. The molecule has 130 valence electrons. The van der Waals surface area contributed by atoms with Crippen LogP contribution in [0.3, 0.4) is 0 Å². The number of thiophene rings is 1. The number of carbonyl (C=O) groups excluding carboxylic acids is 1. The van der Waals surface area contributed by atoms with Crippen molar-refractivity contribution < 1.29 is 14.1 Å². The van der Waals surface area contributed by atoms with Crippen LogP contribution in [0.5, 0.6) is 0 Å². The van der Waals surface area contributed by atoms with E-state index >= 15 is 0 Å². The lowest BCUT2D eigenvalue weighted by Gasteiger charge is -1.98. The summed E-state index contributed by atoms with van der Waals surface area (Å²) in [5, 5.41) is 10.6. The molecule has 0 bridgehead atoms. The van der Waals surface area contributed by atoms with Gasteiger partial charge < -0.3 is 9.26 Å². The maximum absolute atomic E-state index is 12.2. The summed E-state index contributed by atoms with van der Waals surface area (Å²) in [4.78, 5) is 20.7. The highest BCUT2D eigenvalue weighted by Crippen LogP contribution is 2.26. The zero-order chi connectivity index (χ0) is 17.9. The Hall–Kier alpha value is -2.55. The molecular weight excluding hydrogens is 394 g/mol. The molecule has 0 saturated carbocycles. The van der Waals surface area contributed by atoms with Crippen LogP contribution < -0.4 is 0 Å². The van der Waals surface area contributed by atoms with Crippen molar-refractivity contribution in [3.63, 3.8) is 0 Å². The highest BCUT2D eigenvalue weighted by atomic mass is 35.5. The van der Waals surface area contributed by atoms with Crippen molar-refractivity contribution in [1.29, 1.82) is 0 Å². The van der Waals surface area contributed by atoms with E-state index in [2.05, 4.69) is 15.1 Å². The van der Waals surface area contributed by atoms with Crippen LogP contribution in [0.15, 0.2) is 51.0 Å². The molecule has 9 heteroatoms. The lowest BCUT2D eigenvalue weighted by atomic mass is 10.2. The van der Waals surface area contributed by atoms with Crippen molar-refractivity contribution in [3.8, 4) is 22.0 Å². The van der Waals surface area contributed by atoms with Gasteiger partial charge in [0.1, 0.15) is 5.01 Å². The van der Waals surface area contributed by atoms with Gasteiger partial charge in [0.2, 0.25) is 5.82 Å². The van der Waals surface area contributed by atoms with Gasteiger partial charge in [-0.15, -0.1) is 11.3 Å². The number of rotatable bonds is 5. The number of aromatic nitrogens is 3. The zero-order valence-corrected chi connectivity index (χ0v) is 15.5. The lowest BCUT2D eigenvalue weighted by Crippen LogP contribution is -2.05. The predicted octanol–water partition coefficient (Wildman–Crippen LogP) is 4.93. The lowest BCUT2D eigenvalue weighted by molar-refractivity contribution is 0.0424. The number of benzene rings is 1. The van der Waals surface area contributed by atoms with Crippen LogP contribution in [-0.4, -0.2) is 21.1 Å². The summed E-state index contributed by atoms with van der Waals surface area (Å²) < 4.78 is 10.3. The van der Waals surface area contributed by atoms with E-state index in [-0.39, 0.29) is 18.2 Å². The summed E-state index contributed by atoms with van der Waals surface area (Å²) in [5.41, 5.74) is 1.93. The standard InChI is InChI=1S/C17H10ClN3O3S2/c18-12-3-1-2-10(6-12)16-19-13(9-26-16)17(22)23-7-14-20-15(21-24-14)11-4-5-25-8-11/h1-6,8-9H,7H2. The van der Waals surface area contributed by atoms with Crippen LogP contribution in [-0.2, 0) is 11.3 Å². The molecule has 3 heterocycles. The van der Waals surface area contributed by atoms with Crippen LogP contribution in [0.2, 0.25) is 5.02 Å². The van der Waals surface area contributed by atoms with Crippen molar-refractivity contribution in [2.75, 3.05) is 0 Å². The van der Waals surface area contributed by atoms with E-state index in [4.69, 9.17) is 20.9 Å². The first-order chi connectivity index (χ1) is 12.7. The Morgan fingerprint density at radius 1 is 1.19 bits per heavy atom. The average molecular weight is 404 g/mol. The molecule has 6 nitrogen and oxygen atoms in total. The summed E-state index contributed by atoms with van der Waals surface area (Å²) >= 11 is 8.86.